The number of ketones is 1. The summed E-state index contributed by atoms with van der Waals surface area (Å²) in [6.07, 6.45) is 3.93. The zero-order valence-electron chi connectivity index (χ0n) is 16.8. The van der Waals surface area contributed by atoms with Gasteiger partial charge in [0.1, 0.15) is 5.76 Å². The van der Waals surface area contributed by atoms with E-state index in [0.717, 1.165) is 31.2 Å². The van der Waals surface area contributed by atoms with Crippen LogP contribution in [0.25, 0.3) is 5.76 Å². The molecule has 0 aliphatic carbocycles. The number of halogens is 1. The number of unbranched alkanes of at least 4 members (excludes halogenated alkanes) is 3. The molecule has 1 saturated heterocycles. The van der Waals surface area contributed by atoms with E-state index in [1.807, 2.05) is 25.1 Å². The second-order valence-corrected chi connectivity index (χ2v) is 7.85. The topological polar surface area (TPSA) is 57.6 Å². The fourth-order valence-electron chi connectivity index (χ4n) is 3.71. The predicted molar refractivity (Wildman–Crippen MR) is 116 cm³/mol. The van der Waals surface area contributed by atoms with Gasteiger partial charge >= 0.3 is 0 Å². The van der Waals surface area contributed by atoms with Crippen molar-refractivity contribution >= 4 is 29.1 Å². The van der Waals surface area contributed by atoms with Gasteiger partial charge in [0.15, 0.2) is 0 Å². The second-order valence-electron chi connectivity index (χ2n) is 7.44. The van der Waals surface area contributed by atoms with Crippen molar-refractivity contribution in [2.45, 2.75) is 45.6 Å². The number of likely N-dealkylation sites (tertiary alicyclic amines) is 1. The molecular formula is C24H26ClNO3. The van der Waals surface area contributed by atoms with Gasteiger partial charge in [-0.2, -0.15) is 0 Å². The fraction of sp³-hybridized carbons (Fsp3) is 0.333. The van der Waals surface area contributed by atoms with Gasteiger partial charge in [0.05, 0.1) is 11.6 Å². The molecule has 5 heteroatoms. The molecule has 1 heterocycles. The lowest BCUT2D eigenvalue weighted by Crippen LogP contribution is -2.30. The number of aryl methyl sites for hydroxylation is 1. The van der Waals surface area contributed by atoms with Crippen molar-refractivity contribution in [3.05, 3.63) is 75.8 Å². The highest BCUT2D eigenvalue weighted by Gasteiger charge is 2.46. The molecular weight excluding hydrogens is 386 g/mol. The third kappa shape index (κ3) is 4.38. The maximum atomic E-state index is 12.9. The molecule has 1 atom stereocenters. The van der Waals surface area contributed by atoms with Gasteiger partial charge in [-0.25, -0.2) is 0 Å². The van der Waals surface area contributed by atoms with Crippen molar-refractivity contribution in [2.75, 3.05) is 6.54 Å². The number of carbonyl (C=O) groups excluding carboxylic acids is 2. The number of carbonyl (C=O) groups is 2. The van der Waals surface area contributed by atoms with E-state index in [4.69, 9.17) is 11.6 Å². The zero-order chi connectivity index (χ0) is 21.0. The highest BCUT2D eigenvalue weighted by Crippen LogP contribution is 2.41. The summed E-state index contributed by atoms with van der Waals surface area (Å²) in [5.74, 6) is -1.41. The monoisotopic (exact) mass is 411 g/mol. The summed E-state index contributed by atoms with van der Waals surface area (Å²) >= 11 is 6.43. The molecule has 29 heavy (non-hydrogen) atoms. The van der Waals surface area contributed by atoms with Crippen molar-refractivity contribution in [2.24, 2.45) is 0 Å². The standard InChI is InChI=1S/C24H26ClNO3/c1-3-4-5-8-15-26-21(18-9-6-7-10-19(18)25)20(23(28)24(26)29)22(27)17-13-11-16(2)12-14-17/h6-7,9-14,21,27H,3-5,8,15H2,1-2H3/t21-/m1/s1. The first-order valence-corrected chi connectivity index (χ1v) is 10.4. The normalized spacial score (nSPS) is 18.4. The number of hydrogen-bond donors (Lipinski definition) is 1. The smallest absolute Gasteiger partial charge is 0.295 e. The Bertz CT molecular complexity index is 933. The number of rotatable bonds is 7. The van der Waals surface area contributed by atoms with E-state index in [1.165, 1.54) is 0 Å². The minimum Gasteiger partial charge on any atom is -0.507 e. The van der Waals surface area contributed by atoms with Crippen molar-refractivity contribution in [1.29, 1.82) is 0 Å². The van der Waals surface area contributed by atoms with Crippen LogP contribution in [-0.2, 0) is 9.59 Å². The van der Waals surface area contributed by atoms with Crippen LogP contribution >= 0.6 is 11.6 Å². The Morgan fingerprint density at radius 3 is 2.38 bits per heavy atom. The molecule has 2 aromatic rings. The maximum Gasteiger partial charge on any atom is 0.295 e. The first kappa shape index (κ1) is 21.1. The number of hydrogen-bond acceptors (Lipinski definition) is 3. The summed E-state index contributed by atoms with van der Waals surface area (Å²) in [7, 11) is 0. The van der Waals surface area contributed by atoms with Gasteiger partial charge in [-0.3, -0.25) is 9.59 Å². The van der Waals surface area contributed by atoms with E-state index < -0.39 is 17.7 Å². The number of aliphatic hydroxyl groups is 1. The minimum atomic E-state index is -0.688. The number of benzene rings is 2. The van der Waals surface area contributed by atoms with Gasteiger partial charge in [0.25, 0.3) is 11.7 Å². The Hall–Kier alpha value is -2.59. The van der Waals surface area contributed by atoms with Gasteiger partial charge in [-0.1, -0.05) is 85.8 Å². The first-order chi connectivity index (χ1) is 14.0. The average molecular weight is 412 g/mol. The summed E-state index contributed by atoms with van der Waals surface area (Å²) in [6.45, 7) is 4.52. The molecule has 0 unspecified atom stereocenters. The number of aliphatic hydroxyl groups excluding tert-OH is 1. The van der Waals surface area contributed by atoms with E-state index in [1.54, 1.807) is 35.2 Å². The third-order valence-corrected chi connectivity index (χ3v) is 5.66. The van der Waals surface area contributed by atoms with E-state index >= 15 is 0 Å². The largest absolute Gasteiger partial charge is 0.507 e. The molecule has 0 aromatic heterocycles. The molecule has 1 aliphatic rings. The van der Waals surface area contributed by atoms with Crippen LogP contribution < -0.4 is 0 Å². The zero-order valence-corrected chi connectivity index (χ0v) is 17.6. The summed E-state index contributed by atoms with van der Waals surface area (Å²) in [4.78, 5) is 27.3. The lowest BCUT2D eigenvalue weighted by molar-refractivity contribution is -0.139. The summed E-state index contributed by atoms with van der Waals surface area (Å²) in [5.41, 5.74) is 2.30. The molecule has 0 radical (unpaired) electrons. The van der Waals surface area contributed by atoms with Crippen LogP contribution in [0.5, 0.6) is 0 Å². The molecule has 4 nitrogen and oxygen atoms in total. The van der Waals surface area contributed by atoms with Crippen molar-refractivity contribution in [1.82, 2.24) is 4.90 Å². The summed E-state index contributed by atoms with van der Waals surface area (Å²) < 4.78 is 0. The van der Waals surface area contributed by atoms with Gasteiger partial charge in [-0.15, -0.1) is 0 Å². The van der Waals surface area contributed by atoms with Crippen molar-refractivity contribution < 1.29 is 14.7 Å². The third-order valence-electron chi connectivity index (χ3n) is 5.32. The minimum absolute atomic E-state index is 0.0995. The maximum absolute atomic E-state index is 12.9. The molecule has 2 aromatic carbocycles. The molecule has 152 valence electrons. The highest BCUT2D eigenvalue weighted by atomic mass is 35.5. The van der Waals surface area contributed by atoms with Crippen LogP contribution in [0.2, 0.25) is 5.02 Å². The fourth-order valence-corrected chi connectivity index (χ4v) is 3.95. The van der Waals surface area contributed by atoms with Gasteiger partial charge in [-0.05, 0) is 25.0 Å². The molecule has 1 fully saturated rings. The number of amides is 1. The predicted octanol–water partition coefficient (Wildman–Crippen LogP) is 5.65. The Balaban J connectivity index is 2.08. The van der Waals surface area contributed by atoms with E-state index in [2.05, 4.69) is 6.92 Å². The Labute approximate surface area is 176 Å². The van der Waals surface area contributed by atoms with E-state index in [-0.39, 0.29) is 11.3 Å². The number of nitrogens with zero attached hydrogens (tertiary/aromatic N) is 1. The van der Waals surface area contributed by atoms with Crippen LogP contribution in [0.15, 0.2) is 54.1 Å². The molecule has 1 amide bonds. The van der Waals surface area contributed by atoms with Crippen LogP contribution in [0, 0.1) is 6.92 Å². The van der Waals surface area contributed by atoms with Crippen LogP contribution in [0.3, 0.4) is 0 Å². The Kier molecular flexibility index (Phi) is 6.75. The SMILES string of the molecule is CCCCCCN1C(=O)C(=O)C(=C(O)c2ccc(C)cc2)[C@H]1c1ccccc1Cl. The van der Waals surface area contributed by atoms with Crippen molar-refractivity contribution in [3.8, 4) is 0 Å². The van der Waals surface area contributed by atoms with Gasteiger partial charge in [0, 0.05) is 17.1 Å². The lowest BCUT2D eigenvalue weighted by atomic mass is 9.95. The van der Waals surface area contributed by atoms with Crippen LogP contribution in [-0.4, -0.2) is 28.2 Å². The van der Waals surface area contributed by atoms with Crippen molar-refractivity contribution in [3.63, 3.8) is 0 Å². The quantitative estimate of drug-likeness (QED) is 0.277. The van der Waals surface area contributed by atoms with E-state index in [0.29, 0.717) is 22.7 Å². The molecule has 0 saturated carbocycles. The van der Waals surface area contributed by atoms with Gasteiger partial charge < -0.3 is 10.0 Å². The van der Waals surface area contributed by atoms with E-state index in [9.17, 15) is 14.7 Å². The first-order valence-electron chi connectivity index (χ1n) is 10.1. The average Bonchev–Trinajstić information content (AvgIpc) is 2.96. The summed E-state index contributed by atoms with van der Waals surface area (Å²) in [5, 5.41) is 11.5. The van der Waals surface area contributed by atoms with Crippen LogP contribution in [0.1, 0.15) is 55.3 Å². The Morgan fingerprint density at radius 1 is 1.03 bits per heavy atom. The molecule has 1 N–H and O–H groups in total. The molecule has 0 spiro atoms. The Morgan fingerprint density at radius 2 is 1.72 bits per heavy atom. The highest BCUT2D eigenvalue weighted by molar-refractivity contribution is 6.47. The molecule has 0 bridgehead atoms. The van der Waals surface area contributed by atoms with Crippen LogP contribution in [0.4, 0.5) is 0 Å². The lowest BCUT2D eigenvalue weighted by Gasteiger charge is -2.26. The molecule has 1 aliphatic heterocycles. The summed E-state index contributed by atoms with van der Waals surface area (Å²) in [6, 6.07) is 13.7. The van der Waals surface area contributed by atoms with Gasteiger partial charge in [0.2, 0.25) is 0 Å². The molecule has 3 rings (SSSR count). The second kappa shape index (κ2) is 9.27. The number of Topliss-reactive ketones (excluding diaryl/α,β-unsaturated/α-hetero) is 1.